The molecule has 0 aliphatic carbocycles. The van der Waals surface area contributed by atoms with Gasteiger partial charge in [0.1, 0.15) is 0 Å². The molecular weight excluding hydrogens is 267 g/mol. The second-order valence-corrected chi connectivity index (χ2v) is 4.73. The van der Waals surface area contributed by atoms with Crippen molar-refractivity contribution in [3.05, 3.63) is 16.0 Å². The van der Waals surface area contributed by atoms with Gasteiger partial charge in [-0.2, -0.15) is 5.10 Å². The second kappa shape index (κ2) is 3.74. The summed E-state index contributed by atoms with van der Waals surface area (Å²) in [5.41, 5.74) is -0.600. The van der Waals surface area contributed by atoms with Crippen molar-refractivity contribution in [1.29, 1.82) is 0 Å². The Morgan fingerprint density at radius 3 is 2.75 bits per heavy atom. The Labute approximate surface area is 85.9 Å². The standard InChI is InChI=1S/C8H13IN2O/c1-8(2,12)3-4-11-6-7(9)5-10-11/h5-6,12H,3-4H2,1-2H3. The number of rotatable bonds is 3. The number of aryl methyl sites for hydroxylation is 1. The molecule has 0 aliphatic heterocycles. The molecule has 68 valence electrons. The van der Waals surface area contributed by atoms with E-state index in [0.29, 0.717) is 0 Å². The second-order valence-electron chi connectivity index (χ2n) is 3.48. The fourth-order valence-corrected chi connectivity index (χ4v) is 1.29. The third-order valence-electron chi connectivity index (χ3n) is 1.55. The lowest BCUT2D eigenvalue weighted by Crippen LogP contribution is -2.21. The summed E-state index contributed by atoms with van der Waals surface area (Å²) in [5, 5.41) is 13.6. The zero-order valence-electron chi connectivity index (χ0n) is 7.29. The van der Waals surface area contributed by atoms with Crippen molar-refractivity contribution in [1.82, 2.24) is 9.78 Å². The van der Waals surface area contributed by atoms with E-state index in [2.05, 4.69) is 27.7 Å². The fraction of sp³-hybridized carbons (Fsp3) is 0.625. The molecule has 0 atom stereocenters. The van der Waals surface area contributed by atoms with Crippen LogP contribution in [0.4, 0.5) is 0 Å². The van der Waals surface area contributed by atoms with E-state index in [1.54, 1.807) is 0 Å². The van der Waals surface area contributed by atoms with E-state index >= 15 is 0 Å². The molecule has 1 heterocycles. The van der Waals surface area contributed by atoms with Gasteiger partial charge in [0, 0.05) is 12.7 Å². The summed E-state index contributed by atoms with van der Waals surface area (Å²) in [6.07, 6.45) is 4.50. The van der Waals surface area contributed by atoms with Crippen LogP contribution in [0, 0.1) is 3.57 Å². The van der Waals surface area contributed by atoms with Crippen LogP contribution in [0.25, 0.3) is 0 Å². The van der Waals surface area contributed by atoms with Gasteiger partial charge in [-0.15, -0.1) is 0 Å². The summed E-state index contributed by atoms with van der Waals surface area (Å²) in [6.45, 7) is 4.38. The molecule has 0 spiro atoms. The van der Waals surface area contributed by atoms with Gasteiger partial charge in [0.25, 0.3) is 0 Å². The molecule has 0 aliphatic rings. The largest absolute Gasteiger partial charge is 0.390 e. The van der Waals surface area contributed by atoms with Gasteiger partial charge in [0.2, 0.25) is 0 Å². The predicted octanol–water partition coefficient (Wildman–Crippen LogP) is 1.65. The molecule has 1 rings (SSSR count). The van der Waals surface area contributed by atoms with Gasteiger partial charge in [-0.1, -0.05) is 0 Å². The molecular formula is C8H13IN2O. The van der Waals surface area contributed by atoms with Crippen LogP contribution in [-0.2, 0) is 6.54 Å². The first-order valence-electron chi connectivity index (χ1n) is 3.88. The smallest absolute Gasteiger partial charge is 0.0623 e. The van der Waals surface area contributed by atoms with Crippen molar-refractivity contribution in [3.63, 3.8) is 0 Å². The molecule has 4 heteroatoms. The van der Waals surface area contributed by atoms with Crippen LogP contribution in [0.2, 0.25) is 0 Å². The van der Waals surface area contributed by atoms with Crippen LogP contribution < -0.4 is 0 Å². The molecule has 0 fully saturated rings. The summed E-state index contributed by atoms with van der Waals surface area (Å²) in [5.74, 6) is 0. The summed E-state index contributed by atoms with van der Waals surface area (Å²) in [6, 6.07) is 0. The van der Waals surface area contributed by atoms with Crippen LogP contribution in [0.15, 0.2) is 12.4 Å². The molecule has 12 heavy (non-hydrogen) atoms. The molecule has 0 saturated carbocycles. The first-order chi connectivity index (χ1) is 5.47. The van der Waals surface area contributed by atoms with Crippen molar-refractivity contribution in [2.45, 2.75) is 32.4 Å². The number of aromatic nitrogens is 2. The first kappa shape index (κ1) is 9.98. The first-order valence-corrected chi connectivity index (χ1v) is 4.95. The maximum Gasteiger partial charge on any atom is 0.0623 e. The van der Waals surface area contributed by atoms with E-state index in [1.807, 2.05) is 30.9 Å². The Balaban J connectivity index is 2.44. The minimum absolute atomic E-state index is 0.600. The average Bonchev–Trinajstić information content (AvgIpc) is 2.30. The molecule has 0 aromatic carbocycles. The molecule has 1 aromatic rings. The Hall–Kier alpha value is -0.100. The summed E-state index contributed by atoms with van der Waals surface area (Å²) < 4.78 is 2.98. The van der Waals surface area contributed by atoms with Crippen molar-refractivity contribution < 1.29 is 5.11 Å². The van der Waals surface area contributed by atoms with Gasteiger partial charge in [0.15, 0.2) is 0 Å². The van der Waals surface area contributed by atoms with Crippen molar-refractivity contribution in [2.75, 3.05) is 0 Å². The van der Waals surface area contributed by atoms with Crippen LogP contribution in [0.1, 0.15) is 20.3 Å². The van der Waals surface area contributed by atoms with Gasteiger partial charge >= 0.3 is 0 Å². The highest BCUT2D eigenvalue weighted by Gasteiger charge is 2.11. The van der Waals surface area contributed by atoms with E-state index < -0.39 is 5.60 Å². The average molecular weight is 280 g/mol. The molecule has 1 aromatic heterocycles. The third kappa shape index (κ3) is 3.53. The van der Waals surface area contributed by atoms with Crippen LogP contribution in [-0.4, -0.2) is 20.5 Å². The van der Waals surface area contributed by atoms with Crippen LogP contribution in [0.5, 0.6) is 0 Å². The van der Waals surface area contributed by atoms with E-state index in [0.717, 1.165) is 16.5 Å². The Morgan fingerprint density at radius 1 is 1.67 bits per heavy atom. The van der Waals surface area contributed by atoms with Crippen LogP contribution >= 0.6 is 22.6 Å². The monoisotopic (exact) mass is 280 g/mol. The molecule has 0 radical (unpaired) electrons. The quantitative estimate of drug-likeness (QED) is 0.855. The topological polar surface area (TPSA) is 38.0 Å². The Kier molecular flexibility index (Phi) is 3.11. The summed E-state index contributed by atoms with van der Waals surface area (Å²) in [4.78, 5) is 0. The minimum atomic E-state index is -0.600. The van der Waals surface area contributed by atoms with E-state index in [1.165, 1.54) is 0 Å². The SMILES string of the molecule is CC(C)(O)CCn1cc(I)cn1. The molecule has 0 unspecified atom stereocenters. The number of hydrogen-bond donors (Lipinski definition) is 1. The Bertz CT molecular complexity index is 252. The maximum atomic E-state index is 9.44. The predicted molar refractivity (Wildman–Crippen MR) is 55.9 cm³/mol. The van der Waals surface area contributed by atoms with Gasteiger partial charge in [0.05, 0.1) is 15.4 Å². The van der Waals surface area contributed by atoms with Gasteiger partial charge in [-0.3, -0.25) is 4.68 Å². The van der Waals surface area contributed by atoms with E-state index in [9.17, 15) is 5.11 Å². The number of halogens is 1. The third-order valence-corrected chi connectivity index (χ3v) is 2.11. The molecule has 0 saturated heterocycles. The fourth-order valence-electron chi connectivity index (χ4n) is 0.849. The highest BCUT2D eigenvalue weighted by molar-refractivity contribution is 14.1. The molecule has 1 N–H and O–H groups in total. The van der Waals surface area contributed by atoms with Gasteiger partial charge < -0.3 is 5.11 Å². The van der Waals surface area contributed by atoms with Gasteiger partial charge in [-0.25, -0.2) is 0 Å². The molecule has 0 bridgehead atoms. The zero-order chi connectivity index (χ0) is 9.19. The van der Waals surface area contributed by atoms with Crippen molar-refractivity contribution >= 4 is 22.6 Å². The lowest BCUT2D eigenvalue weighted by atomic mass is 10.1. The number of hydrogen-bond acceptors (Lipinski definition) is 2. The molecule has 0 amide bonds. The summed E-state index contributed by atoms with van der Waals surface area (Å²) >= 11 is 2.22. The maximum absolute atomic E-state index is 9.44. The van der Waals surface area contributed by atoms with E-state index in [4.69, 9.17) is 0 Å². The van der Waals surface area contributed by atoms with Gasteiger partial charge in [-0.05, 0) is 42.9 Å². The van der Waals surface area contributed by atoms with E-state index in [-0.39, 0.29) is 0 Å². The normalized spacial score (nSPS) is 12.0. The zero-order valence-corrected chi connectivity index (χ0v) is 9.45. The highest BCUT2D eigenvalue weighted by Crippen LogP contribution is 2.09. The van der Waals surface area contributed by atoms with Crippen LogP contribution in [0.3, 0.4) is 0 Å². The number of nitrogens with zero attached hydrogens (tertiary/aromatic N) is 2. The summed E-state index contributed by atoms with van der Waals surface area (Å²) in [7, 11) is 0. The lowest BCUT2D eigenvalue weighted by molar-refractivity contribution is 0.0651. The van der Waals surface area contributed by atoms with Crippen molar-refractivity contribution in [2.24, 2.45) is 0 Å². The highest BCUT2D eigenvalue weighted by atomic mass is 127. The Morgan fingerprint density at radius 2 is 2.33 bits per heavy atom. The number of aliphatic hydroxyl groups is 1. The lowest BCUT2D eigenvalue weighted by Gasteiger charge is -2.16. The molecule has 3 nitrogen and oxygen atoms in total. The minimum Gasteiger partial charge on any atom is -0.390 e. The van der Waals surface area contributed by atoms with Crippen molar-refractivity contribution in [3.8, 4) is 0 Å².